The lowest BCUT2D eigenvalue weighted by Crippen LogP contribution is -2.40. The van der Waals surface area contributed by atoms with Gasteiger partial charge < -0.3 is 10.0 Å². The molecule has 1 aliphatic rings. The predicted octanol–water partition coefficient (Wildman–Crippen LogP) is 1.37. The van der Waals surface area contributed by atoms with Crippen LogP contribution in [0.25, 0.3) is 5.65 Å². The number of carbonyl (C=O) groups is 2. The fourth-order valence-corrected chi connectivity index (χ4v) is 2.95. The monoisotopic (exact) mass is 302 g/mol. The van der Waals surface area contributed by atoms with Gasteiger partial charge in [0.15, 0.2) is 5.65 Å². The minimum absolute atomic E-state index is 0.286. The van der Waals surface area contributed by atoms with Crippen molar-refractivity contribution in [2.75, 3.05) is 6.54 Å². The van der Waals surface area contributed by atoms with Gasteiger partial charge >= 0.3 is 5.97 Å². The molecule has 0 aliphatic carbocycles. The topological polar surface area (TPSA) is 87.8 Å². The number of hydrogen-bond donors (Lipinski definition) is 1. The zero-order valence-electron chi connectivity index (χ0n) is 12.4. The molecule has 1 amide bonds. The van der Waals surface area contributed by atoms with E-state index >= 15 is 0 Å². The van der Waals surface area contributed by atoms with Crippen molar-refractivity contribution in [1.29, 1.82) is 0 Å². The summed E-state index contributed by atoms with van der Waals surface area (Å²) in [6, 6.07) is 2.71. The number of aryl methyl sites for hydroxylation is 1. The van der Waals surface area contributed by atoms with Gasteiger partial charge in [0.25, 0.3) is 5.91 Å². The molecule has 2 aromatic heterocycles. The van der Waals surface area contributed by atoms with E-state index in [0.29, 0.717) is 30.6 Å². The van der Waals surface area contributed by atoms with Crippen LogP contribution in [0.1, 0.15) is 42.4 Å². The minimum Gasteiger partial charge on any atom is -0.480 e. The summed E-state index contributed by atoms with van der Waals surface area (Å²) in [5.74, 6) is -0.430. The van der Waals surface area contributed by atoms with Gasteiger partial charge in [-0.15, -0.1) is 10.2 Å². The van der Waals surface area contributed by atoms with E-state index in [1.165, 1.54) is 4.90 Å². The van der Waals surface area contributed by atoms with E-state index in [2.05, 4.69) is 17.1 Å². The summed E-state index contributed by atoms with van der Waals surface area (Å²) in [6.45, 7) is 2.52. The maximum Gasteiger partial charge on any atom is 0.326 e. The summed E-state index contributed by atoms with van der Waals surface area (Å²) < 4.78 is 1.81. The van der Waals surface area contributed by atoms with Gasteiger partial charge in [0.2, 0.25) is 0 Å². The van der Waals surface area contributed by atoms with Gasteiger partial charge in [0.1, 0.15) is 11.9 Å². The first-order valence-electron chi connectivity index (χ1n) is 7.50. The summed E-state index contributed by atoms with van der Waals surface area (Å²) >= 11 is 0. The smallest absolute Gasteiger partial charge is 0.326 e. The van der Waals surface area contributed by atoms with Crippen molar-refractivity contribution >= 4 is 17.5 Å². The quantitative estimate of drug-likeness (QED) is 0.921. The van der Waals surface area contributed by atoms with Crippen LogP contribution in [0.5, 0.6) is 0 Å². The number of carboxylic acids is 1. The molecule has 1 fully saturated rings. The predicted molar refractivity (Wildman–Crippen MR) is 78.7 cm³/mol. The number of amides is 1. The molecule has 0 bridgehead atoms. The van der Waals surface area contributed by atoms with Gasteiger partial charge in [0.05, 0.1) is 5.56 Å². The molecule has 7 nitrogen and oxygen atoms in total. The second kappa shape index (κ2) is 5.75. The molecule has 2 aromatic rings. The van der Waals surface area contributed by atoms with Gasteiger partial charge in [-0.1, -0.05) is 6.92 Å². The lowest BCUT2D eigenvalue weighted by molar-refractivity contribution is -0.141. The molecule has 0 aromatic carbocycles. The molecule has 116 valence electrons. The van der Waals surface area contributed by atoms with Crippen molar-refractivity contribution in [3.63, 3.8) is 0 Å². The highest BCUT2D eigenvalue weighted by Gasteiger charge is 2.35. The van der Waals surface area contributed by atoms with E-state index in [1.54, 1.807) is 12.1 Å². The molecule has 0 saturated carbocycles. The van der Waals surface area contributed by atoms with Crippen LogP contribution in [-0.2, 0) is 11.2 Å². The van der Waals surface area contributed by atoms with E-state index < -0.39 is 12.0 Å². The summed E-state index contributed by atoms with van der Waals surface area (Å²) in [4.78, 5) is 25.4. The number of aromatic nitrogens is 3. The fraction of sp³-hybridized carbons (Fsp3) is 0.467. The zero-order valence-corrected chi connectivity index (χ0v) is 12.4. The Balaban J connectivity index is 1.99. The Morgan fingerprint density at radius 3 is 2.95 bits per heavy atom. The Kier molecular flexibility index (Phi) is 3.79. The van der Waals surface area contributed by atoms with Crippen LogP contribution in [0, 0.1) is 0 Å². The van der Waals surface area contributed by atoms with Crippen molar-refractivity contribution in [2.24, 2.45) is 0 Å². The van der Waals surface area contributed by atoms with E-state index in [0.717, 1.165) is 18.7 Å². The van der Waals surface area contributed by atoms with Crippen LogP contribution in [0.2, 0.25) is 0 Å². The Hall–Kier alpha value is -2.44. The van der Waals surface area contributed by atoms with Crippen molar-refractivity contribution in [3.05, 3.63) is 29.7 Å². The average Bonchev–Trinajstić information content (AvgIpc) is 3.14. The highest BCUT2D eigenvalue weighted by Crippen LogP contribution is 2.22. The van der Waals surface area contributed by atoms with E-state index in [9.17, 15) is 14.7 Å². The molecule has 1 aliphatic heterocycles. The number of rotatable bonds is 4. The van der Waals surface area contributed by atoms with Crippen molar-refractivity contribution in [1.82, 2.24) is 19.5 Å². The molecule has 3 heterocycles. The largest absolute Gasteiger partial charge is 0.480 e. The number of nitrogens with zero attached hydrogens (tertiary/aromatic N) is 4. The molecule has 7 heteroatoms. The number of carbonyl (C=O) groups excluding carboxylic acids is 1. The standard InChI is InChI=1S/C15H18N4O3/c1-2-5-12-16-17-13-10(6-3-9-19(12)13)14(20)18-8-4-7-11(18)15(21)22/h3,6,9,11H,2,4-5,7-8H2,1H3,(H,21,22). The molecule has 22 heavy (non-hydrogen) atoms. The third-order valence-electron chi connectivity index (χ3n) is 4.01. The van der Waals surface area contributed by atoms with Crippen molar-refractivity contribution in [2.45, 2.75) is 38.6 Å². The molecular weight excluding hydrogens is 284 g/mol. The Morgan fingerprint density at radius 2 is 2.23 bits per heavy atom. The third-order valence-corrected chi connectivity index (χ3v) is 4.01. The molecular formula is C15H18N4O3. The van der Waals surface area contributed by atoms with Crippen LogP contribution >= 0.6 is 0 Å². The summed E-state index contributed by atoms with van der Waals surface area (Å²) in [7, 11) is 0. The van der Waals surface area contributed by atoms with Crippen LogP contribution in [0.15, 0.2) is 18.3 Å². The van der Waals surface area contributed by atoms with Crippen LogP contribution in [0.4, 0.5) is 0 Å². The minimum atomic E-state index is -0.953. The van der Waals surface area contributed by atoms with E-state index in [4.69, 9.17) is 0 Å². The Morgan fingerprint density at radius 1 is 1.41 bits per heavy atom. The molecule has 1 unspecified atom stereocenters. The van der Waals surface area contributed by atoms with Crippen molar-refractivity contribution < 1.29 is 14.7 Å². The number of pyridine rings is 1. The van der Waals surface area contributed by atoms with E-state index in [1.807, 2.05) is 10.6 Å². The first-order chi connectivity index (χ1) is 10.6. The molecule has 1 N–H and O–H groups in total. The maximum atomic E-state index is 12.7. The number of carboxylic acid groups (broad SMARTS) is 1. The maximum absolute atomic E-state index is 12.7. The van der Waals surface area contributed by atoms with Crippen LogP contribution < -0.4 is 0 Å². The summed E-state index contributed by atoms with van der Waals surface area (Å²) in [6.07, 6.45) is 4.75. The zero-order chi connectivity index (χ0) is 15.7. The van der Waals surface area contributed by atoms with Gasteiger partial charge in [-0.05, 0) is 31.4 Å². The Labute approximate surface area is 127 Å². The molecule has 0 radical (unpaired) electrons. The lowest BCUT2D eigenvalue weighted by atomic mass is 10.2. The third kappa shape index (κ3) is 2.32. The van der Waals surface area contributed by atoms with Gasteiger partial charge in [0, 0.05) is 19.2 Å². The first-order valence-corrected chi connectivity index (χ1v) is 7.50. The average molecular weight is 302 g/mol. The Bertz CT molecular complexity index is 725. The van der Waals surface area contributed by atoms with Gasteiger partial charge in [-0.25, -0.2) is 4.79 Å². The number of fused-ring (bicyclic) bond motifs is 1. The highest BCUT2D eigenvalue weighted by molar-refractivity contribution is 6.01. The van der Waals surface area contributed by atoms with Crippen LogP contribution in [0.3, 0.4) is 0 Å². The second-order valence-corrected chi connectivity index (χ2v) is 5.48. The van der Waals surface area contributed by atoms with Gasteiger partial charge in [-0.3, -0.25) is 9.20 Å². The number of hydrogen-bond acceptors (Lipinski definition) is 4. The van der Waals surface area contributed by atoms with E-state index in [-0.39, 0.29) is 5.91 Å². The second-order valence-electron chi connectivity index (χ2n) is 5.48. The first kappa shape index (κ1) is 14.5. The normalized spacial score (nSPS) is 18.0. The summed E-state index contributed by atoms with van der Waals surface area (Å²) in [5.41, 5.74) is 0.900. The number of aliphatic carboxylic acids is 1. The number of likely N-dealkylation sites (tertiary alicyclic amines) is 1. The lowest BCUT2D eigenvalue weighted by Gasteiger charge is -2.21. The summed E-state index contributed by atoms with van der Waals surface area (Å²) in [5, 5.41) is 17.5. The fourth-order valence-electron chi connectivity index (χ4n) is 2.95. The molecule has 1 atom stereocenters. The van der Waals surface area contributed by atoms with Gasteiger partial charge in [-0.2, -0.15) is 0 Å². The molecule has 3 rings (SSSR count). The molecule has 1 saturated heterocycles. The van der Waals surface area contributed by atoms with Crippen LogP contribution in [-0.4, -0.2) is 49.1 Å². The highest BCUT2D eigenvalue weighted by atomic mass is 16.4. The SMILES string of the molecule is CCCc1nnc2c(C(=O)N3CCCC3C(=O)O)cccn12. The molecule has 0 spiro atoms. The van der Waals surface area contributed by atoms with Crippen molar-refractivity contribution in [3.8, 4) is 0 Å².